The van der Waals surface area contributed by atoms with Crippen molar-refractivity contribution in [2.75, 3.05) is 0 Å². The molecule has 0 bridgehead atoms. The van der Waals surface area contributed by atoms with Gasteiger partial charge >= 0.3 is 11.6 Å². The van der Waals surface area contributed by atoms with E-state index >= 15 is 0 Å². The SMILES string of the molecule is CCCCC(NC(=O)Cc1c(C)c2c(O)cc(O)cc2oc1=O)C(=O)O. The first-order chi connectivity index (χ1) is 12.2. The molecule has 0 aliphatic carbocycles. The van der Waals surface area contributed by atoms with Crippen LogP contribution in [0.4, 0.5) is 0 Å². The number of hydrogen-bond donors (Lipinski definition) is 4. The third kappa shape index (κ3) is 4.14. The Bertz CT molecular complexity index is 901. The van der Waals surface area contributed by atoms with Gasteiger partial charge in [-0.05, 0) is 18.9 Å². The summed E-state index contributed by atoms with van der Waals surface area (Å²) < 4.78 is 5.08. The van der Waals surface area contributed by atoms with Gasteiger partial charge in [-0.1, -0.05) is 19.8 Å². The van der Waals surface area contributed by atoms with Gasteiger partial charge in [-0.2, -0.15) is 0 Å². The van der Waals surface area contributed by atoms with Crippen LogP contribution >= 0.6 is 0 Å². The van der Waals surface area contributed by atoms with Crippen LogP contribution in [0.1, 0.15) is 37.3 Å². The molecule has 0 aliphatic rings. The molecular formula is C18H21NO7. The molecule has 0 spiro atoms. The normalized spacial score (nSPS) is 12.1. The van der Waals surface area contributed by atoms with Crippen LogP contribution in [-0.2, 0) is 16.0 Å². The summed E-state index contributed by atoms with van der Waals surface area (Å²) in [7, 11) is 0. The van der Waals surface area contributed by atoms with Gasteiger partial charge in [0.15, 0.2) is 0 Å². The molecular weight excluding hydrogens is 342 g/mol. The van der Waals surface area contributed by atoms with E-state index in [0.29, 0.717) is 18.4 Å². The third-order valence-corrected chi connectivity index (χ3v) is 4.16. The summed E-state index contributed by atoms with van der Waals surface area (Å²) in [6.45, 7) is 3.46. The van der Waals surface area contributed by atoms with Crippen molar-refractivity contribution < 1.29 is 29.3 Å². The summed E-state index contributed by atoms with van der Waals surface area (Å²) >= 11 is 0. The van der Waals surface area contributed by atoms with Gasteiger partial charge in [-0.15, -0.1) is 0 Å². The van der Waals surface area contributed by atoms with Crippen molar-refractivity contribution in [2.24, 2.45) is 0 Å². The Balaban J connectivity index is 2.31. The fraction of sp³-hybridized carbons (Fsp3) is 0.389. The molecule has 8 nitrogen and oxygen atoms in total. The number of rotatable bonds is 7. The highest BCUT2D eigenvalue weighted by atomic mass is 16.4. The molecule has 2 aromatic rings. The number of carboxylic acid groups (broad SMARTS) is 1. The van der Waals surface area contributed by atoms with Gasteiger partial charge in [-0.25, -0.2) is 9.59 Å². The number of hydrogen-bond acceptors (Lipinski definition) is 6. The lowest BCUT2D eigenvalue weighted by Gasteiger charge is -2.15. The summed E-state index contributed by atoms with van der Waals surface area (Å²) in [5, 5.41) is 31.3. The molecule has 2 rings (SSSR count). The number of carbonyl (C=O) groups excluding carboxylic acids is 1. The van der Waals surface area contributed by atoms with Crippen LogP contribution in [0.3, 0.4) is 0 Å². The Hall–Kier alpha value is -3.03. The zero-order valence-electron chi connectivity index (χ0n) is 14.5. The molecule has 0 aliphatic heterocycles. The molecule has 1 atom stereocenters. The van der Waals surface area contributed by atoms with Crippen LogP contribution in [0, 0.1) is 6.92 Å². The number of amides is 1. The predicted molar refractivity (Wildman–Crippen MR) is 93.3 cm³/mol. The van der Waals surface area contributed by atoms with E-state index in [0.717, 1.165) is 12.5 Å². The Kier molecular flexibility index (Phi) is 5.86. The Morgan fingerprint density at radius 2 is 1.96 bits per heavy atom. The summed E-state index contributed by atoms with van der Waals surface area (Å²) in [6.07, 6.45) is 1.36. The number of nitrogens with one attached hydrogen (secondary N) is 1. The molecule has 1 amide bonds. The van der Waals surface area contributed by atoms with E-state index in [4.69, 9.17) is 4.42 Å². The molecule has 0 radical (unpaired) electrons. The molecule has 1 aromatic carbocycles. The van der Waals surface area contributed by atoms with Crippen molar-refractivity contribution in [2.45, 2.75) is 45.6 Å². The summed E-state index contributed by atoms with van der Waals surface area (Å²) in [5.41, 5.74) is -0.420. The second kappa shape index (κ2) is 7.90. The number of aromatic hydroxyl groups is 2. The molecule has 0 fully saturated rings. The maximum atomic E-state index is 12.2. The molecule has 140 valence electrons. The fourth-order valence-electron chi connectivity index (χ4n) is 2.79. The van der Waals surface area contributed by atoms with Crippen LogP contribution in [-0.4, -0.2) is 33.2 Å². The minimum absolute atomic E-state index is 0.000478. The third-order valence-electron chi connectivity index (χ3n) is 4.16. The lowest BCUT2D eigenvalue weighted by atomic mass is 10.0. The van der Waals surface area contributed by atoms with E-state index in [2.05, 4.69) is 5.32 Å². The van der Waals surface area contributed by atoms with Crippen LogP contribution < -0.4 is 10.9 Å². The van der Waals surface area contributed by atoms with Crippen molar-refractivity contribution >= 4 is 22.8 Å². The van der Waals surface area contributed by atoms with Gasteiger partial charge in [0.25, 0.3) is 0 Å². The van der Waals surface area contributed by atoms with Gasteiger partial charge in [0.1, 0.15) is 23.1 Å². The average molecular weight is 363 g/mol. The van der Waals surface area contributed by atoms with Crippen LogP contribution in [0.25, 0.3) is 11.0 Å². The van der Waals surface area contributed by atoms with Crippen LogP contribution in [0.2, 0.25) is 0 Å². The second-order valence-corrected chi connectivity index (χ2v) is 6.11. The molecule has 0 saturated carbocycles. The number of carboxylic acids is 1. The average Bonchev–Trinajstić information content (AvgIpc) is 2.54. The monoisotopic (exact) mass is 363 g/mol. The standard InChI is InChI=1S/C18H21NO7/c1-3-4-5-12(17(23)24)19-15(22)8-11-9(2)16-13(21)6-10(20)7-14(16)26-18(11)25/h6-7,12,20-21H,3-5,8H2,1-2H3,(H,19,22)(H,23,24). The minimum Gasteiger partial charge on any atom is -0.508 e. The highest BCUT2D eigenvalue weighted by Gasteiger charge is 2.22. The number of carbonyl (C=O) groups is 2. The highest BCUT2D eigenvalue weighted by Crippen LogP contribution is 2.32. The zero-order chi connectivity index (χ0) is 19.4. The molecule has 1 aromatic heterocycles. The van der Waals surface area contributed by atoms with Crippen molar-refractivity contribution in [3.8, 4) is 11.5 Å². The first-order valence-corrected chi connectivity index (χ1v) is 8.25. The van der Waals surface area contributed by atoms with E-state index < -0.39 is 23.5 Å². The van der Waals surface area contributed by atoms with Crippen molar-refractivity contribution in [3.05, 3.63) is 33.7 Å². The van der Waals surface area contributed by atoms with Gasteiger partial charge in [0.2, 0.25) is 5.91 Å². The predicted octanol–water partition coefficient (Wildman–Crippen LogP) is 1.81. The first-order valence-electron chi connectivity index (χ1n) is 8.25. The summed E-state index contributed by atoms with van der Waals surface area (Å²) in [5.74, 6) is -2.30. The maximum absolute atomic E-state index is 12.2. The molecule has 1 heterocycles. The summed E-state index contributed by atoms with van der Waals surface area (Å²) in [4.78, 5) is 35.6. The van der Waals surface area contributed by atoms with Crippen LogP contribution in [0.5, 0.6) is 11.5 Å². The number of phenols is 2. The number of unbranched alkanes of at least 4 members (excludes halogenated alkanes) is 1. The van der Waals surface area contributed by atoms with Crippen LogP contribution in [0.15, 0.2) is 21.3 Å². The number of fused-ring (bicyclic) bond motifs is 1. The number of aryl methyl sites for hydroxylation is 1. The minimum atomic E-state index is -1.14. The Morgan fingerprint density at radius 3 is 2.58 bits per heavy atom. The maximum Gasteiger partial charge on any atom is 0.340 e. The van der Waals surface area contributed by atoms with Gasteiger partial charge in [0, 0.05) is 12.1 Å². The number of aliphatic carboxylic acids is 1. The lowest BCUT2D eigenvalue weighted by molar-refractivity contribution is -0.142. The quantitative estimate of drug-likeness (QED) is 0.551. The van der Waals surface area contributed by atoms with Crippen molar-refractivity contribution in [1.29, 1.82) is 0 Å². The van der Waals surface area contributed by atoms with E-state index in [1.807, 2.05) is 6.92 Å². The largest absolute Gasteiger partial charge is 0.508 e. The first kappa shape index (κ1) is 19.3. The smallest absolute Gasteiger partial charge is 0.340 e. The second-order valence-electron chi connectivity index (χ2n) is 6.11. The van der Waals surface area contributed by atoms with E-state index in [9.17, 15) is 29.7 Å². The topological polar surface area (TPSA) is 137 Å². The van der Waals surface area contributed by atoms with Gasteiger partial charge < -0.3 is 25.1 Å². The molecule has 4 N–H and O–H groups in total. The number of benzene rings is 1. The highest BCUT2D eigenvalue weighted by molar-refractivity contribution is 5.90. The van der Waals surface area contributed by atoms with E-state index in [1.54, 1.807) is 6.92 Å². The zero-order valence-corrected chi connectivity index (χ0v) is 14.5. The van der Waals surface area contributed by atoms with E-state index in [-0.39, 0.29) is 34.5 Å². The lowest BCUT2D eigenvalue weighted by Crippen LogP contribution is -2.42. The molecule has 0 saturated heterocycles. The number of phenolic OH excluding ortho intramolecular Hbond substituents is 2. The van der Waals surface area contributed by atoms with E-state index in [1.165, 1.54) is 6.07 Å². The molecule has 26 heavy (non-hydrogen) atoms. The summed E-state index contributed by atoms with van der Waals surface area (Å²) in [6, 6.07) is 1.27. The van der Waals surface area contributed by atoms with Gasteiger partial charge in [-0.3, -0.25) is 4.79 Å². The van der Waals surface area contributed by atoms with Crippen molar-refractivity contribution in [3.63, 3.8) is 0 Å². The molecule has 1 unspecified atom stereocenters. The fourth-order valence-corrected chi connectivity index (χ4v) is 2.79. The Labute approximate surface area is 149 Å². The van der Waals surface area contributed by atoms with Gasteiger partial charge in [0.05, 0.1) is 17.4 Å². The molecule has 8 heteroatoms. The van der Waals surface area contributed by atoms with Crippen molar-refractivity contribution in [1.82, 2.24) is 5.32 Å². The Morgan fingerprint density at radius 1 is 1.27 bits per heavy atom.